The fourth-order valence-electron chi connectivity index (χ4n) is 3.12. The molecule has 142 valence electrons. The van der Waals surface area contributed by atoms with Crippen LogP contribution in [0.25, 0.3) is 21.9 Å². The van der Waals surface area contributed by atoms with Crippen LogP contribution in [0.3, 0.4) is 0 Å². The molecular weight excluding hydrogens is 426 g/mol. The maximum atomic E-state index is 12.5. The van der Waals surface area contributed by atoms with Crippen molar-refractivity contribution in [3.63, 3.8) is 0 Å². The molecule has 28 heavy (non-hydrogen) atoms. The van der Waals surface area contributed by atoms with Crippen molar-refractivity contribution in [2.45, 2.75) is 13.1 Å². The predicted octanol–water partition coefficient (Wildman–Crippen LogP) is 3.23. The molecule has 8 heteroatoms. The van der Waals surface area contributed by atoms with Crippen LogP contribution in [-0.2, 0) is 17.9 Å². The van der Waals surface area contributed by atoms with E-state index in [2.05, 4.69) is 26.3 Å². The fourth-order valence-corrected chi connectivity index (χ4v) is 3.52. The zero-order valence-electron chi connectivity index (χ0n) is 14.9. The van der Waals surface area contributed by atoms with Crippen molar-refractivity contribution in [3.05, 3.63) is 69.1 Å². The summed E-state index contributed by atoms with van der Waals surface area (Å²) < 4.78 is 13.0. The number of carbonyl (C=O) groups excluding carboxylic acids is 1. The summed E-state index contributed by atoms with van der Waals surface area (Å²) in [6.07, 6.45) is 1.43. The van der Waals surface area contributed by atoms with E-state index in [9.17, 15) is 9.59 Å². The number of carbonyl (C=O) groups is 1. The summed E-state index contributed by atoms with van der Waals surface area (Å²) in [5.74, 6) is 0.459. The summed E-state index contributed by atoms with van der Waals surface area (Å²) in [6, 6.07) is 12.8. The van der Waals surface area contributed by atoms with E-state index >= 15 is 0 Å². The Labute approximate surface area is 168 Å². The summed E-state index contributed by atoms with van der Waals surface area (Å²) >= 11 is 3.42. The third kappa shape index (κ3) is 3.38. The van der Waals surface area contributed by atoms with Crippen LogP contribution < -0.4 is 15.7 Å². The number of aromatic nitrogens is 2. The maximum Gasteiger partial charge on any atom is 0.347 e. The number of nitrogens with one attached hydrogen (secondary N) is 1. The number of halogens is 1. The van der Waals surface area contributed by atoms with Gasteiger partial charge in [0.1, 0.15) is 23.3 Å². The van der Waals surface area contributed by atoms with Gasteiger partial charge in [-0.2, -0.15) is 5.10 Å². The van der Waals surface area contributed by atoms with Gasteiger partial charge in [0, 0.05) is 22.0 Å². The van der Waals surface area contributed by atoms with Crippen LogP contribution in [0.1, 0.15) is 5.56 Å². The number of benzene rings is 2. The molecule has 7 nitrogen and oxygen atoms in total. The molecule has 0 unspecified atom stereocenters. The molecule has 2 heterocycles. The highest BCUT2D eigenvalue weighted by atomic mass is 79.9. The largest absolute Gasteiger partial charge is 0.496 e. The molecule has 0 aliphatic rings. The Kier molecular flexibility index (Phi) is 4.87. The number of methoxy groups -OCH3 is 1. The highest BCUT2D eigenvalue weighted by molar-refractivity contribution is 9.10. The molecular formula is C20H16BrN3O4. The summed E-state index contributed by atoms with van der Waals surface area (Å²) in [7, 11) is 1.58. The van der Waals surface area contributed by atoms with Gasteiger partial charge in [0.15, 0.2) is 0 Å². The van der Waals surface area contributed by atoms with Gasteiger partial charge in [-0.05, 0) is 30.3 Å². The number of fused-ring (bicyclic) bond motifs is 3. The second-order valence-electron chi connectivity index (χ2n) is 6.18. The Morgan fingerprint density at radius 1 is 1.25 bits per heavy atom. The summed E-state index contributed by atoms with van der Waals surface area (Å²) in [4.78, 5) is 24.7. The van der Waals surface area contributed by atoms with Crippen molar-refractivity contribution in [1.82, 2.24) is 15.1 Å². The Hall–Kier alpha value is -3.13. The van der Waals surface area contributed by atoms with Gasteiger partial charge < -0.3 is 14.5 Å². The highest BCUT2D eigenvalue weighted by Crippen LogP contribution is 2.23. The number of amides is 1. The Morgan fingerprint density at radius 2 is 2.07 bits per heavy atom. The van der Waals surface area contributed by atoms with E-state index in [1.807, 2.05) is 30.3 Å². The van der Waals surface area contributed by atoms with E-state index in [1.54, 1.807) is 19.2 Å². The van der Waals surface area contributed by atoms with Crippen LogP contribution >= 0.6 is 15.9 Å². The molecule has 2 aromatic carbocycles. The first-order valence-electron chi connectivity index (χ1n) is 8.53. The van der Waals surface area contributed by atoms with Crippen molar-refractivity contribution in [1.29, 1.82) is 0 Å². The fraction of sp³-hybridized carbons (Fsp3) is 0.150. The molecule has 0 spiro atoms. The zero-order chi connectivity index (χ0) is 19.7. The number of hydrogen-bond donors (Lipinski definition) is 1. The molecule has 0 radical (unpaired) electrons. The van der Waals surface area contributed by atoms with Gasteiger partial charge in [-0.1, -0.05) is 28.1 Å². The second-order valence-corrected chi connectivity index (χ2v) is 7.10. The van der Waals surface area contributed by atoms with Gasteiger partial charge in [0.25, 0.3) is 0 Å². The lowest BCUT2D eigenvalue weighted by atomic mass is 10.2. The van der Waals surface area contributed by atoms with Gasteiger partial charge in [-0.3, -0.25) is 9.48 Å². The molecule has 1 amide bonds. The molecule has 0 bridgehead atoms. The quantitative estimate of drug-likeness (QED) is 0.480. The van der Waals surface area contributed by atoms with E-state index in [-0.39, 0.29) is 12.5 Å². The van der Waals surface area contributed by atoms with Crippen molar-refractivity contribution < 1.29 is 13.9 Å². The normalized spacial score (nSPS) is 11.1. The lowest BCUT2D eigenvalue weighted by Crippen LogP contribution is -2.27. The Bertz CT molecular complexity index is 1250. The molecule has 0 aliphatic carbocycles. The SMILES string of the molecule is COc1ccc(Br)cc1CNC(=O)Cn1ncc2c(=O)oc3ccccc3c21. The lowest BCUT2D eigenvalue weighted by molar-refractivity contribution is -0.121. The van der Waals surface area contributed by atoms with E-state index in [0.29, 0.717) is 28.8 Å². The molecule has 4 aromatic rings. The lowest BCUT2D eigenvalue weighted by Gasteiger charge is -2.11. The first-order chi connectivity index (χ1) is 13.6. The van der Waals surface area contributed by atoms with Crippen molar-refractivity contribution >= 4 is 43.7 Å². The number of nitrogens with zero attached hydrogens (tertiary/aromatic N) is 2. The van der Waals surface area contributed by atoms with E-state index in [0.717, 1.165) is 15.4 Å². The average molecular weight is 442 g/mol. The highest BCUT2D eigenvalue weighted by Gasteiger charge is 2.15. The Balaban J connectivity index is 1.60. The van der Waals surface area contributed by atoms with Crippen LogP contribution in [0, 0.1) is 0 Å². The zero-order valence-corrected chi connectivity index (χ0v) is 16.5. The molecule has 0 fully saturated rings. The van der Waals surface area contributed by atoms with E-state index in [4.69, 9.17) is 9.15 Å². The van der Waals surface area contributed by atoms with Crippen LogP contribution in [0.2, 0.25) is 0 Å². The smallest absolute Gasteiger partial charge is 0.347 e. The van der Waals surface area contributed by atoms with Crippen LogP contribution in [0.15, 0.2) is 62.3 Å². The molecule has 1 N–H and O–H groups in total. The van der Waals surface area contributed by atoms with Crippen molar-refractivity contribution in [2.75, 3.05) is 7.11 Å². The minimum atomic E-state index is -0.473. The van der Waals surface area contributed by atoms with E-state index < -0.39 is 5.63 Å². The van der Waals surface area contributed by atoms with Crippen LogP contribution in [-0.4, -0.2) is 22.8 Å². The predicted molar refractivity (Wildman–Crippen MR) is 108 cm³/mol. The topological polar surface area (TPSA) is 86.4 Å². The van der Waals surface area contributed by atoms with Crippen LogP contribution in [0.4, 0.5) is 0 Å². The minimum absolute atomic E-state index is 0.0206. The minimum Gasteiger partial charge on any atom is -0.496 e. The molecule has 0 saturated carbocycles. The first kappa shape index (κ1) is 18.2. The second kappa shape index (κ2) is 7.47. The van der Waals surface area contributed by atoms with Crippen molar-refractivity contribution in [3.8, 4) is 5.75 Å². The summed E-state index contributed by atoms with van der Waals surface area (Å²) in [6.45, 7) is 0.288. The number of para-hydroxylation sites is 1. The van der Waals surface area contributed by atoms with E-state index in [1.165, 1.54) is 10.9 Å². The summed E-state index contributed by atoms with van der Waals surface area (Å²) in [5, 5.41) is 8.16. The first-order valence-corrected chi connectivity index (χ1v) is 9.32. The van der Waals surface area contributed by atoms with Gasteiger partial charge in [0.05, 0.1) is 18.8 Å². The monoisotopic (exact) mass is 441 g/mol. The average Bonchev–Trinajstić information content (AvgIpc) is 3.11. The third-order valence-corrected chi connectivity index (χ3v) is 4.91. The van der Waals surface area contributed by atoms with Gasteiger partial charge >= 0.3 is 5.63 Å². The Morgan fingerprint density at radius 3 is 2.89 bits per heavy atom. The molecule has 0 atom stereocenters. The van der Waals surface area contributed by atoms with Gasteiger partial charge in [-0.15, -0.1) is 0 Å². The van der Waals surface area contributed by atoms with Gasteiger partial charge in [0.2, 0.25) is 5.91 Å². The molecule has 0 saturated heterocycles. The molecule has 2 aromatic heterocycles. The standard InChI is InChI=1S/C20H16BrN3O4/c1-27-16-7-6-13(21)8-12(16)9-22-18(25)11-24-19-14-4-2-3-5-17(14)28-20(26)15(19)10-23-24/h2-8,10H,9,11H2,1H3,(H,22,25). The molecule has 4 rings (SSSR count). The van der Waals surface area contributed by atoms with Crippen molar-refractivity contribution in [2.24, 2.45) is 0 Å². The number of ether oxygens (including phenoxy) is 1. The van der Waals surface area contributed by atoms with Gasteiger partial charge in [-0.25, -0.2) is 4.79 Å². The molecule has 0 aliphatic heterocycles. The third-order valence-electron chi connectivity index (χ3n) is 4.42. The summed E-state index contributed by atoms with van der Waals surface area (Å²) in [5.41, 5.74) is 1.42. The maximum absolute atomic E-state index is 12.5. The number of hydrogen-bond acceptors (Lipinski definition) is 5. The number of rotatable bonds is 5. The van der Waals surface area contributed by atoms with Crippen LogP contribution in [0.5, 0.6) is 5.75 Å².